The van der Waals surface area contributed by atoms with Gasteiger partial charge in [0.25, 0.3) is 0 Å². The maximum Gasteiger partial charge on any atom is 0.327 e. The largest absolute Gasteiger partial charge is 0.508 e. The standard InChI is InChI=1S/C21H33N7O7S/c22-13(9-29)17(31)26-14(2-1-7-25-21(23)24)18(32)27-15(8-11-3-5-12(30)6-4-11)19(33)28-16(10-36)20(34)35/h3-6,13-16,29-30,36H,1-2,7-10,22H2,(H,26,31)(H,27,32)(H,28,33)(H,34,35)(H4,23,24,25). The third-order valence-corrected chi connectivity index (χ3v) is 5.28. The quantitative estimate of drug-likeness (QED) is 0.0472. The first-order valence-electron chi connectivity index (χ1n) is 10.9. The Morgan fingerprint density at radius 1 is 0.944 bits per heavy atom. The molecule has 0 aromatic heterocycles. The number of aliphatic carboxylic acids is 1. The average Bonchev–Trinajstić information content (AvgIpc) is 2.83. The summed E-state index contributed by atoms with van der Waals surface area (Å²) in [7, 11) is 0. The molecule has 0 saturated heterocycles. The van der Waals surface area contributed by atoms with E-state index >= 15 is 0 Å². The summed E-state index contributed by atoms with van der Waals surface area (Å²) in [5, 5.41) is 35.1. The average molecular weight is 528 g/mol. The zero-order chi connectivity index (χ0) is 27.3. The lowest BCUT2D eigenvalue weighted by atomic mass is 10.0. The fourth-order valence-corrected chi connectivity index (χ4v) is 3.19. The van der Waals surface area contributed by atoms with Gasteiger partial charge < -0.3 is 48.5 Å². The van der Waals surface area contributed by atoms with Crippen LogP contribution in [0.3, 0.4) is 0 Å². The number of carboxylic acids is 1. The van der Waals surface area contributed by atoms with Crippen molar-refractivity contribution < 1.29 is 34.5 Å². The molecule has 0 radical (unpaired) electrons. The first-order chi connectivity index (χ1) is 17.0. The Kier molecular flexibility index (Phi) is 13.1. The van der Waals surface area contributed by atoms with Gasteiger partial charge in [-0.1, -0.05) is 12.1 Å². The van der Waals surface area contributed by atoms with Gasteiger partial charge in [0.15, 0.2) is 5.96 Å². The van der Waals surface area contributed by atoms with Gasteiger partial charge in [-0.25, -0.2) is 4.79 Å². The predicted octanol–water partition coefficient (Wildman–Crippen LogP) is -3.22. The van der Waals surface area contributed by atoms with Crippen molar-refractivity contribution in [3.05, 3.63) is 29.8 Å². The van der Waals surface area contributed by atoms with E-state index in [0.717, 1.165) is 0 Å². The summed E-state index contributed by atoms with van der Waals surface area (Å²) in [6.07, 6.45) is 0.288. The first kappa shape index (κ1) is 30.5. The number of carbonyl (C=O) groups is 4. The number of carbonyl (C=O) groups excluding carboxylic acids is 3. The van der Waals surface area contributed by atoms with Crippen molar-refractivity contribution in [3.63, 3.8) is 0 Å². The van der Waals surface area contributed by atoms with E-state index in [4.69, 9.17) is 22.3 Å². The molecule has 4 atom stereocenters. The number of aliphatic hydroxyl groups excluding tert-OH is 1. The van der Waals surface area contributed by atoms with Gasteiger partial charge in [-0.15, -0.1) is 0 Å². The van der Waals surface area contributed by atoms with Crippen LogP contribution in [0.25, 0.3) is 0 Å². The minimum absolute atomic E-state index is 0.00595. The Labute approximate surface area is 213 Å². The van der Waals surface area contributed by atoms with Gasteiger partial charge in [-0.2, -0.15) is 12.6 Å². The van der Waals surface area contributed by atoms with Crippen molar-refractivity contribution >= 4 is 42.3 Å². The highest BCUT2D eigenvalue weighted by atomic mass is 32.1. The number of nitrogens with zero attached hydrogens (tertiary/aromatic N) is 1. The molecule has 36 heavy (non-hydrogen) atoms. The van der Waals surface area contributed by atoms with Gasteiger partial charge in [0.05, 0.1) is 6.61 Å². The van der Waals surface area contributed by atoms with Crippen LogP contribution in [-0.2, 0) is 25.6 Å². The number of hydrogen-bond acceptors (Lipinski definition) is 9. The van der Waals surface area contributed by atoms with Gasteiger partial charge in [0.1, 0.15) is 29.9 Å². The molecule has 1 aromatic rings. The Balaban J connectivity index is 3.12. The number of thiol groups is 1. The SMILES string of the molecule is NC(N)=NCCCC(NC(=O)C(N)CO)C(=O)NC(Cc1ccc(O)cc1)C(=O)NC(CS)C(=O)O. The number of benzene rings is 1. The fraction of sp³-hybridized carbons (Fsp3) is 0.476. The normalized spacial score (nSPS) is 14.0. The third-order valence-electron chi connectivity index (χ3n) is 4.92. The van der Waals surface area contributed by atoms with E-state index in [1.165, 1.54) is 24.3 Å². The maximum absolute atomic E-state index is 13.1. The van der Waals surface area contributed by atoms with Crippen molar-refractivity contribution in [2.45, 2.75) is 43.4 Å². The molecule has 12 N–H and O–H groups in total. The number of amides is 3. The number of phenolic OH excluding ortho intramolecular Hbond substituents is 1. The second-order valence-corrected chi connectivity index (χ2v) is 8.18. The summed E-state index contributed by atoms with van der Waals surface area (Å²) in [6.45, 7) is -0.492. The second kappa shape index (κ2) is 15.4. The van der Waals surface area contributed by atoms with E-state index in [1.807, 2.05) is 0 Å². The highest BCUT2D eigenvalue weighted by Gasteiger charge is 2.30. The van der Waals surface area contributed by atoms with Crippen molar-refractivity contribution in [2.75, 3.05) is 18.9 Å². The summed E-state index contributed by atoms with van der Waals surface area (Å²) in [5.74, 6) is -4.00. The third kappa shape index (κ3) is 10.8. The number of nitrogens with one attached hydrogen (secondary N) is 3. The number of carboxylic acid groups (broad SMARTS) is 1. The molecule has 15 heteroatoms. The highest BCUT2D eigenvalue weighted by Crippen LogP contribution is 2.12. The second-order valence-electron chi connectivity index (χ2n) is 7.81. The number of aromatic hydroxyl groups is 1. The molecule has 14 nitrogen and oxygen atoms in total. The predicted molar refractivity (Wildman–Crippen MR) is 134 cm³/mol. The van der Waals surface area contributed by atoms with Gasteiger partial charge in [0.2, 0.25) is 17.7 Å². The molecule has 200 valence electrons. The number of phenols is 1. The molecule has 3 amide bonds. The van der Waals surface area contributed by atoms with Gasteiger partial charge >= 0.3 is 5.97 Å². The van der Waals surface area contributed by atoms with Crippen LogP contribution in [0.2, 0.25) is 0 Å². The van der Waals surface area contributed by atoms with Crippen molar-refractivity contribution in [1.29, 1.82) is 0 Å². The van der Waals surface area contributed by atoms with Gasteiger partial charge in [0, 0.05) is 18.7 Å². The monoisotopic (exact) mass is 527 g/mol. The fourth-order valence-electron chi connectivity index (χ4n) is 2.94. The summed E-state index contributed by atoms with van der Waals surface area (Å²) in [4.78, 5) is 53.4. The van der Waals surface area contributed by atoms with Crippen molar-refractivity contribution in [2.24, 2.45) is 22.2 Å². The molecule has 4 unspecified atom stereocenters. The van der Waals surface area contributed by atoms with Crippen LogP contribution in [0.15, 0.2) is 29.3 Å². The van der Waals surface area contributed by atoms with Crippen LogP contribution in [0.5, 0.6) is 5.75 Å². The molecular weight excluding hydrogens is 494 g/mol. The van der Waals surface area contributed by atoms with Crippen molar-refractivity contribution in [3.8, 4) is 5.75 Å². The Bertz CT molecular complexity index is 926. The Morgan fingerprint density at radius 2 is 1.50 bits per heavy atom. The lowest BCUT2D eigenvalue weighted by molar-refractivity contribution is -0.141. The molecule has 1 aromatic carbocycles. The number of aliphatic imine (C=N–C) groups is 1. The van der Waals surface area contributed by atoms with Crippen molar-refractivity contribution in [1.82, 2.24) is 16.0 Å². The van der Waals surface area contributed by atoms with Gasteiger partial charge in [-0.05, 0) is 30.5 Å². The zero-order valence-electron chi connectivity index (χ0n) is 19.5. The summed E-state index contributed by atoms with van der Waals surface area (Å²) in [5.41, 5.74) is 16.7. The van der Waals surface area contributed by atoms with E-state index in [0.29, 0.717) is 5.56 Å². The molecule has 0 fully saturated rings. The number of hydrogen-bond donors (Lipinski definition) is 10. The van der Waals surface area contributed by atoms with Crippen LogP contribution in [0, 0.1) is 0 Å². The number of rotatable bonds is 15. The smallest absolute Gasteiger partial charge is 0.327 e. The minimum atomic E-state index is -1.31. The van der Waals surface area contributed by atoms with E-state index < -0.39 is 54.5 Å². The summed E-state index contributed by atoms with van der Waals surface area (Å²) >= 11 is 3.92. The molecular formula is C21H33N7O7S. The molecule has 0 bridgehead atoms. The number of nitrogens with two attached hydrogens (primary N) is 3. The van der Waals surface area contributed by atoms with E-state index in [2.05, 4.69) is 33.6 Å². The highest BCUT2D eigenvalue weighted by molar-refractivity contribution is 7.80. The van der Waals surface area contributed by atoms with Crippen LogP contribution in [0.4, 0.5) is 0 Å². The Morgan fingerprint density at radius 3 is 2.03 bits per heavy atom. The molecule has 0 heterocycles. The number of guanidine groups is 1. The molecule has 1 rings (SSSR count). The molecule has 0 spiro atoms. The summed E-state index contributed by atoms with van der Waals surface area (Å²) < 4.78 is 0. The molecule has 0 aliphatic heterocycles. The first-order valence-corrected chi connectivity index (χ1v) is 11.6. The molecule has 0 aliphatic carbocycles. The van der Waals surface area contributed by atoms with Crippen LogP contribution < -0.4 is 33.2 Å². The lowest BCUT2D eigenvalue weighted by Crippen LogP contribution is -2.58. The Hall–Kier alpha value is -3.56. The molecule has 0 aliphatic rings. The zero-order valence-corrected chi connectivity index (χ0v) is 20.4. The lowest BCUT2D eigenvalue weighted by Gasteiger charge is -2.25. The summed E-state index contributed by atoms with van der Waals surface area (Å²) in [6, 6.07) is 0.852. The maximum atomic E-state index is 13.1. The van der Waals surface area contributed by atoms with E-state index in [9.17, 15) is 29.4 Å². The molecule has 0 saturated carbocycles. The van der Waals surface area contributed by atoms with Crippen LogP contribution in [0.1, 0.15) is 18.4 Å². The van der Waals surface area contributed by atoms with E-state index in [1.54, 1.807) is 0 Å². The van der Waals surface area contributed by atoms with Crippen LogP contribution >= 0.6 is 12.6 Å². The topological polar surface area (TPSA) is 255 Å². The van der Waals surface area contributed by atoms with Gasteiger partial charge in [-0.3, -0.25) is 19.4 Å². The number of aliphatic hydroxyl groups is 1. The van der Waals surface area contributed by atoms with Crippen LogP contribution in [-0.4, -0.2) is 88.0 Å². The van der Waals surface area contributed by atoms with E-state index in [-0.39, 0.29) is 43.3 Å². The minimum Gasteiger partial charge on any atom is -0.508 e.